The number of rotatable bonds is 4. The molecule has 9 aromatic carbocycles. The van der Waals surface area contributed by atoms with Crippen LogP contribution in [-0.4, -0.2) is 9.13 Å². The number of aromatic nitrogens is 2. The van der Waals surface area contributed by atoms with Crippen molar-refractivity contribution in [2.75, 3.05) is 0 Å². The molecule has 0 saturated heterocycles. The highest BCUT2D eigenvalue weighted by molar-refractivity contribution is 6.26. The highest BCUT2D eigenvalue weighted by Gasteiger charge is 2.39. The van der Waals surface area contributed by atoms with Crippen LogP contribution in [0.1, 0.15) is 63.8 Å². The third-order valence-electron chi connectivity index (χ3n) is 14.3. The van der Waals surface area contributed by atoms with E-state index in [1.54, 1.807) is 0 Å². The molecule has 0 aliphatic heterocycles. The van der Waals surface area contributed by atoms with E-state index in [0.717, 1.165) is 132 Å². The summed E-state index contributed by atoms with van der Waals surface area (Å²) in [6.07, 6.45) is 0. The minimum absolute atomic E-state index is 0.513. The molecule has 0 unspecified atom stereocenters. The smallest absolute Gasteiger partial charge is 0.145 e. The Balaban J connectivity index is 1.34. The largest absolute Gasteiger partial charge is 0.455 e. The molecule has 0 N–H and O–H groups in total. The summed E-state index contributed by atoms with van der Waals surface area (Å²) in [5.74, 6) is 0. The number of nitriles is 2. The molecule has 334 valence electrons. The minimum atomic E-state index is -0.513. The summed E-state index contributed by atoms with van der Waals surface area (Å²) in [5, 5.41) is 29.8. The van der Waals surface area contributed by atoms with Crippen LogP contribution in [0, 0.1) is 22.7 Å². The summed E-state index contributed by atoms with van der Waals surface area (Å²) in [5.41, 5.74) is 15.6. The van der Waals surface area contributed by atoms with E-state index >= 15 is 0 Å². The van der Waals surface area contributed by atoms with Crippen molar-refractivity contribution < 1.29 is 8.83 Å². The summed E-state index contributed by atoms with van der Waals surface area (Å²) in [7, 11) is 0. The van der Waals surface area contributed by atoms with Gasteiger partial charge in [-0.25, -0.2) is 0 Å². The topological polar surface area (TPSA) is 83.7 Å². The summed E-state index contributed by atoms with van der Waals surface area (Å²) >= 11 is 0. The summed E-state index contributed by atoms with van der Waals surface area (Å²) in [6, 6.07) is 63.9. The Labute approximate surface area is 404 Å². The van der Waals surface area contributed by atoms with Crippen molar-refractivity contribution in [1.82, 2.24) is 9.13 Å². The first kappa shape index (κ1) is 41.4. The van der Waals surface area contributed by atoms with Gasteiger partial charge < -0.3 is 18.0 Å². The van der Waals surface area contributed by atoms with Gasteiger partial charge >= 0.3 is 0 Å². The van der Waals surface area contributed by atoms with Gasteiger partial charge in [0.15, 0.2) is 0 Å². The summed E-state index contributed by atoms with van der Waals surface area (Å²) < 4.78 is 18.7. The van der Waals surface area contributed by atoms with E-state index in [2.05, 4.69) is 172 Å². The van der Waals surface area contributed by atoms with Gasteiger partial charge in [-0.3, -0.25) is 0 Å². The SMILES string of the molecule is CC(C)(C)c1c(-c2cccc(C#N)c2)c(-n2c3ccccc3c3c4oc5ccccc5c4ccc32)c(-c2cccc(C#N)c2)c(C(C)(C)C)c1-n1c2ccccc2c2c3oc4ccccc4c3ccc21. The Morgan fingerprint density at radius 1 is 0.386 bits per heavy atom. The maximum atomic E-state index is 10.6. The molecular formula is C64H46N4O2. The lowest BCUT2D eigenvalue weighted by molar-refractivity contribution is 0.565. The maximum Gasteiger partial charge on any atom is 0.145 e. The first-order chi connectivity index (χ1) is 33.9. The van der Waals surface area contributed by atoms with E-state index in [9.17, 15) is 10.5 Å². The molecule has 4 aromatic heterocycles. The van der Waals surface area contributed by atoms with Crippen LogP contribution in [0.2, 0.25) is 0 Å². The third kappa shape index (κ3) is 5.84. The van der Waals surface area contributed by atoms with Crippen LogP contribution in [0.4, 0.5) is 0 Å². The van der Waals surface area contributed by atoms with E-state index in [1.807, 2.05) is 60.7 Å². The van der Waals surface area contributed by atoms with E-state index in [0.29, 0.717) is 11.1 Å². The molecule has 0 bridgehead atoms. The normalized spacial score (nSPS) is 12.4. The van der Waals surface area contributed by atoms with Crippen LogP contribution in [0.3, 0.4) is 0 Å². The van der Waals surface area contributed by atoms with Crippen LogP contribution in [0.5, 0.6) is 0 Å². The highest BCUT2D eigenvalue weighted by atomic mass is 16.3. The summed E-state index contributed by atoms with van der Waals surface area (Å²) in [4.78, 5) is 0. The van der Waals surface area contributed by atoms with Crippen molar-refractivity contribution in [3.8, 4) is 45.8 Å². The Kier molecular flexibility index (Phi) is 8.76. The molecule has 4 heterocycles. The molecule has 0 spiro atoms. The number of nitrogens with zero attached hydrogens (tertiary/aromatic N) is 4. The monoisotopic (exact) mass is 902 g/mol. The summed E-state index contributed by atoms with van der Waals surface area (Å²) in [6.45, 7) is 13.9. The number of para-hydroxylation sites is 4. The fourth-order valence-corrected chi connectivity index (χ4v) is 11.6. The van der Waals surface area contributed by atoms with Gasteiger partial charge in [0.1, 0.15) is 22.3 Å². The van der Waals surface area contributed by atoms with Crippen molar-refractivity contribution in [2.45, 2.75) is 52.4 Å². The highest BCUT2D eigenvalue weighted by Crippen LogP contribution is 2.55. The molecule has 0 saturated carbocycles. The van der Waals surface area contributed by atoms with Crippen LogP contribution in [0.15, 0.2) is 179 Å². The van der Waals surface area contributed by atoms with Crippen LogP contribution < -0.4 is 0 Å². The Morgan fingerprint density at radius 3 is 1.21 bits per heavy atom. The van der Waals surface area contributed by atoms with Gasteiger partial charge in [-0.1, -0.05) is 139 Å². The second-order valence-corrected chi connectivity index (χ2v) is 20.7. The molecule has 0 aliphatic carbocycles. The molecule has 6 heteroatoms. The van der Waals surface area contributed by atoms with E-state index in [1.165, 1.54) is 0 Å². The molecule has 0 amide bonds. The lowest BCUT2D eigenvalue weighted by Gasteiger charge is -2.38. The molecule has 0 radical (unpaired) electrons. The lowest BCUT2D eigenvalue weighted by Crippen LogP contribution is -2.26. The van der Waals surface area contributed by atoms with E-state index in [-0.39, 0.29) is 0 Å². The zero-order valence-corrected chi connectivity index (χ0v) is 39.8. The van der Waals surface area contributed by atoms with Crippen LogP contribution >= 0.6 is 0 Å². The van der Waals surface area contributed by atoms with Gasteiger partial charge in [0, 0.05) is 43.4 Å². The van der Waals surface area contributed by atoms with Gasteiger partial charge in [-0.05, 0) is 106 Å². The first-order valence-corrected chi connectivity index (χ1v) is 23.9. The second-order valence-electron chi connectivity index (χ2n) is 20.7. The van der Waals surface area contributed by atoms with Crippen molar-refractivity contribution in [2.24, 2.45) is 0 Å². The van der Waals surface area contributed by atoms with Gasteiger partial charge in [-0.15, -0.1) is 0 Å². The van der Waals surface area contributed by atoms with Crippen molar-refractivity contribution in [1.29, 1.82) is 10.5 Å². The average Bonchev–Trinajstić information content (AvgIpc) is 4.12. The maximum absolute atomic E-state index is 10.6. The van der Waals surface area contributed by atoms with Crippen molar-refractivity contribution >= 4 is 87.5 Å². The molecular weight excluding hydrogens is 857 g/mol. The van der Waals surface area contributed by atoms with Crippen LogP contribution in [-0.2, 0) is 10.8 Å². The zero-order chi connectivity index (χ0) is 47.8. The lowest BCUT2D eigenvalue weighted by atomic mass is 9.71. The Bertz CT molecular complexity index is 4370. The molecule has 0 fully saturated rings. The van der Waals surface area contributed by atoms with Crippen LogP contribution in [0.25, 0.3) is 121 Å². The predicted molar refractivity (Wildman–Crippen MR) is 287 cm³/mol. The standard InChI is InChI=1S/C64H46N4O2/c1-63(2,3)57-53(39-19-15-17-37(33-39)35-65)59(67-47-25-11-7-23-45(47)55-49(67)31-29-43-41-21-9-13-27-51(41)69-61(43)55)54(40-20-16-18-38(34-40)36-66)58(64(4,5)6)60(57)68-48-26-12-8-24-46(48)56-50(68)32-30-44-42-22-10-14-28-52(42)70-62(44)56/h7-34H,1-6H3. The average molecular weight is 903 g/mol. The molecule has 70 heavy (non-hydrogen) atoms. The van der Waals surface area contributed by atoms with Crippen molar-refractivity contribution in [3.05, 3.63) is 192 Å². The van der Waals surface area contributed by atoms with Gasteiger partial charge in [0.2, 0.25) is 0 Å². The number of furan rings is 2. The fraction of sp³-hybridized carbons (Fsp3) is 0.125. The number of fused-ring (bicyclic) bond motifs is 14. The molecule has 0 atom stereocenters. The van der Waals surface area contributed by atoms with Crippen molar-refractivity contribution in [3.63, 3.8) is 0 Å². The molecule has 6 nitrogen and oxygen atoms in total. The zero-order valence-electron chi connectivity index (χ0n) is 39.8. The van der Waals surface area contributed by atoms with E-state index < -0.39 is 10.8 Å². The third-order valence-corrected chi connectivity index (χ3v) is 14.3. The minimum Gasteiger partial charge on any atom is -0.455 e. The number of hydrogen-bond donors (Lipinski definition) is 0. The molecule has 13 aromatic rings. The predicted octanol–water partition coefficient (Wildman–Crippen LogP) is 17.4. The quantitative estimate of drug-likeness (QED) is 0.176. The molecule has 13 rings (SSSR count). The van der Waals surface area contributed by atoms with Gasteiger partial charge in [0.05, 0.1) is 67.5 Å². The number of benzene rings is 9. The van der Waals surface area contributed by atoms with Gasteiger partial charge in [0.25, 0.3) is 0 Å². The Morgan fingerprint density at radius 2 is 0.786 bits per heavy atom. The number of hydrogen-bond acceptors (Lipinski definition) is 4. The fourth-order valence-electron chi connectivity index (χ4n) is 11.6. The van der Waals surface area contributed by atoms with E-state index in [4.69, 9.17) is 8.83 Å². The second kappa shape index (κ2) is 14.8. The van der Waals surface area contributed by atoms with Gasteiger partial charge in [-0.2, -0.15) is 10.5 Å². The Hall–Kier alpha value is -8.84. The molecule has 0 aliphatic rings. The first-order valence-electron chi connectivity index (χ1n) is 23.9.